The average molecular weight is 743 g/mol. The molecule has 0 amide bonds. The first kappa shape index (κ1) is 31.4. The number of hydrogen-bond donors (Lipinski definition) is 0. The van der Waals surface area contributed by atoms with E-state index < -0.39 is 0 Å². The topological polar surface area (TPSA) is 52.6 Å². The van der Waals surface area contributed by atoms with Crippen LogP contribution in [0.1, 0.15) is 0 Å². The Bertz CT molecular complexity index is 3680. The van der Waals surface area contributed by atoms with Crippen LogP contribution in [0.25, 0.3) is 132 Å². The second-order valence-electron chi connectivity index (χ2n) is 15.3. The van der Waals surface area contributed by atoms with Crippen LogP contribution in [0.2, 0.25) is 0 Å². The van der Waals surface area contributed by atoms with Crippen molar-refractivity contribution in [3.05, 3.63) is 182 Å². The third-order valence-corrected chi connectivity index (χ3v) is 11.9. The highest BCUT2D eigenvalue weighted by Crippen LogP contribution is 2.41. The second kappa shape index (κ2) is 11.8. The van der Waals surface area contributed by atoms with Crippen LogP contribution in [0.4, 0.5) is 0 Å². The Morgan fingerprint density at radius 1 is 0.172 bits per heavy atom. The van der Waals surface area contributed by atoms with E-state index in [1.807, 2.05) is 36.4 Å². The fourth-order valence-electron chi connectivity index (χ4n) is 8.98. The molecule has 0 fully saturated rings. The molecule has 0 saturated carbocycles. The summed E-state index contributed by atoms with van der Waals surface area (Å²) in [7, 11) is 0. The van der Waals surface area contributed by atoms with Gasteiger partial charge >= 0.3 is 0 Å². The number of hydrogen-bond acceptors (Lipinski definition) is 4. The largest absolute Gasteiger partial charge is 0.456 e. The van der Waals surface area contributed by atoms with Crippen LogP contribution < -0.4 is 0 Å². The summed E-state index contributed by atoms with van der Waals surface area (Å²) in [5.41, 5.74) is 16.0. The van der Waals surface area contributed by atoms with E-state index in [9.17, 15) is 0 Å². The first-order valence-corrected chi connectivity index (χ1v) is 19.5. The Morgan fingerprint density at radius 2 is 0.397 bits per heavy atom. The van der Waals surface area contributed by atoms with Crippen molar-refractivity contribution < 1.29 is 17.7 Å². The fourth-order valence-corrected chi connectivity index (χ4v) is 8.98. The molecule has 13 aromatic rings. The van der Waals surface area contributed by atoms with Crippen molar-refractivity contribution in [2.45, 2.75) is 0 Å². The highest BCUT2D eigenvalue weighted by molar-refractivity contribution is 6.11. The lowest BCUT2D eigenvalue weighted by Gasteiger charge is -2.12. The van der Waals surface area contributed by atoms with E-state index in [4.69, 9.17) is 17.7 Å². The lowest BCUT2D eigenvalue weighted by Crippen LogP contribution is -1.87. The van der Waals surface area contributed by atoms with Gasteiger partial charge in [0.25, 0.3) is 0 Å². The number of benzene rings is 9. The first-order valence-electron chi connectivity index (χ1n) is 19.5. The van der Waals surface area contributed by atoms with Crippen LogP contribution in [-0.4, -0.2) is 0 Å². The van der Waals surface area contributed by atoms with Gasteiger partial charge in [0.1, 0.15) is 44.7 Å². The first-order chi connectivity index (χ1) is 28.7. The Hall–Kier alpha value is -7.82. The Balaban J connectivity index is 0.985. The summed E-state index contributed by atoms with van der Waals surface area (Å²) in [4.78, 5) is 0. The molecule has 4 nitrogen and oxygen atoms in total. The molecule has 0 aliphatic carbocycles. The molecule has 0 radical (unpaired) electrons. The van der Waals surface area contributed by atoms with Crippen LogP contribution in [-0.2, 0) is 0 Å². The quantitative estimate of drug-likeness (QED) is 0.180. The summed E-state index contributed by atoms with van der Waals surface area (Å²) >= 11 is 0. The van der Waals surface area contributed by atoms with Crippen LogP contribution in [0.5, 0.6) is 0 Å². The van der Waals surface area contributed by atoms with Gasteiger partial charge in [0.15, 0.2) is 0 Å². The number of rotatable bonds is 4. The van der Waals surface area contributed by atoms with Gasteiger partial charge in [-0.25, -0.2) is 0 Å². The van der Waals surface area contributed by atoms with Gasteiger partial charge in [-0.2, -0.15) is 0 Å². The predicted octanol–water partition coefficient (Wildman–Crippen LogP) is 16.0. The van der Waals surface area contributed by atoms with Gasteiger partial charge in [0.05, 0.1) is 0 Å². The van der Waals surface area contributed by atoms with E-state index in [0.717, 1.165) is 132 Å². The summed E-state index contributed by atoms with van der Waals surface area (Å²) in [5.74, 6) is 0. The molecule has 58 heavy (non-hydrogen) atoms. The molecule has 9 aromatic carbocycles. The van der Waals surface area contributed by atoms with E-state index >= 15 is 0 Å². The van der Waals surface area contributed by atoms with Gasteiger partial charge in [-0.15, -0.1) is 0 Å². The molecule has 0 bridgehead atoms. The van der Waals surface area contributed by atoms with Crippen LogP contribution in [0, 0.1) is 0 Å². The van der Waals surface area contributed by atoms with Crippen molar-refractivity contribution in [3.8, 4) is 44.5 Å². The van der Waals surface area contributed by atoms with Crippen LogP contribution >= 0.6 is 0 Å². The molecule has 0 saturated heterocycles. The minimum Gasteiger partial charge on any atom is -0.456 e. The zero-order chi connectivity index (χ0) is 37.9. The molecule has 270 valence electrons. The van der Waals surface area contributed by atoms with Crippen molar-refractivity contribution in [2.24, 2.45) is 0 Å². The predicted molar refractivity (Wildman–Crippen MR) is 237 cm³/mol. The number of fused-ring (bicyclic) bond motifs is 12. The molecule has 0 aliphatic heterocycles. The van der Waals surface area contributed by atoms with Crippen LogP contribution in [0.3, 0.4) is 0 Å². The molecule has 0 atom stereocenters. The molecule has 0 spiro atoms. The van der Waals surface area contributed by atoms with E-state index in [1.165, 1.54) is 0 Å². The van der Waals surface area contributed by atoms with E-state index in [-0.39, 0.29) is 0 Å². The minimum atomic E-state index is 0.859. The van der Waals surface area contributed by atoms with Gasteiger partial charge in [0.2, 0.25) is 0 Å². The highest BCUT2D eigenvalue weighted by atomic mass is 16.3. The smallest absolute Gasteiger partial charge is 0.135 e. The zero-order valence-corrected chi connectivity index (χ0v) is 31.0. The third kappa shape index (κ3) is 4.76. The molecule has 4 heteroatoms. The maximum absolute atomic E-state index is 6.44. The summed E-state index contributed by atoms with van der Waals surface area (Å²) in [6.07, 6.45) is 0. The number of para-hydroxylation sites is 3. The summed E-state index contributed by atoms with van der Waals surface area (Å²) < 4.78 is 25.0. The third-order valence-electron chi connectivity index (χ3n) is 11.9. The highest BCUT2D eigenvalue weighted by Gasteiger charge is 2.16. The maximum atomic E-state index is 6.44. The Kier molecular flexibility index (Phi) is 6.41. The van der Waals surface area contributed by atoms with Gasteiger partial charge in [-0.3, -0.25) is 0 Å². The zero-order valence-electron chi connectivity index (χ0n) is 31.0. The van der Waals surface area contributed by atoms with E-state index in [2.05, 4.69) is 146 Å². The Morgan fingerprint density at radius 3 is 0.690 bits per heavy atom. The molecule has 0 N–H and O–H groups in total. The second-order valence-corrected chi connectivity index (χ2v) is 15.3. The van der Waals surface area contributed by atoms with Gasteiger partial charge < -0.3 is 17.7 Å². The van der Waals surface area contributed by atoms with Crippen molar-refractivity contribution in [2.75, 3.05) is 0 Å². The molecule has 4 heterocycles. The van der Waals surface area contributed by atoms with Crippen molar-refractivity contribution in [1.29, 1.82) is 0 Å². The van der Waals surface area contributed by atoms with Crippen molar-refractivity contribution >= 4 is 87.8 Å². The van der Waals surface area contributed by atoms with E-state index in [1.54, 1.807) is 0 Å². The SMILES string of the molecule is c1ccc2c(c1)oc1ccc(-c3cc(-c4ccc5oc6ccccc6c5c4)cc(-c4ccc5oc6ccc(-c7ccc8oc9ccccc9c8c7)cc6c5c4)c3)cc12. The lowest BCUT2D eigenvalue weighted by molar-refractivity contribution is 0.668. The molecular weight excluding hydrogens is 713 g/mol. The monoisotopic (exact) mass is 742 g/mol. The molecule has 0 unspecified atom stereocenters. The van der Waals surface area contributed by atoms with Gasteiger partial charge in [-0.1, -0.05) is 84.9 Å². The van der Waals surface area contributed by atoms with Crippen LogP contribution in [0.15, 0.2) is 200 Å². The minimum absolute atomic E-state index is 0.859. The van der Waals surface area contributed by atoms with Gasteiger partial charge in [0, 0.05) is 43.1 Å². The van der Waals surface area contributed by atoms with Gasteiger partial charge in [-0.05, 0) is 142 Å². The molecule has 4 aromatic heterocycles. The van der Waals surface area contributed by atoms with Crippen molar-refractivity contribution in [1.82, 2.24) is 0 Å². The summed E-state index contributed by atoms with van der Waals surface area (Å²) in [6, 6.07) is 64.1. The summed E-state index contributed by atoms with van der Waals surface area (Å²) in [6.45, 7) is 0. The standard InChI is InChI=1S/C54H30O4/c1-4-10-47-39(7-1)42-26-31(13-18-50(42)55-47)32-14-19-53-45(27-32)46-30-35(17-22-54(46)58-53)38-24-36(33-15-20-51-43(28-33)40-8-2-5-11-48(40)56-51)23-37(25-38)34-16-21-52-44(29-34)41-9-3-6-12-49(41)57-52/h1-30H. The maximum Gasteiger partial charge on any atom is 0.135 e. The normalized spacial score (nSPS) is 12.1. The molecule has 13 rings (SSSR count). The van der Waals surface area contributed by atoms with E-state index in [0.29, 0.717) is 0 Å². The lowest BCUT2D eigenvalue weighted by atomic mass is 9.92. The molecule has 0 aliphatic rings. The van der Waals surface area contributed by atoms with Crippen molar-refractivity contribution in [3.63, 3.8) is 0 Å². The molecular formula is C54H30O4. The Labute approximate surface area is 330 Å². The number of furan rings is 4. The average Bonchev–Trinajstić information content (AvgIpc) is 4.05. The summed E-state index contributed by atoms with van der Waals surface area (Å²) in [5, 5.41) is 8.83. The fraction of sp³-hybridized carbons (Fsp3) is 0.